The highest BCUT2D eigenvalue weighted by atomic mass is 15.4. The van der Waals surface area contributed by atoms with E-state index in [2.05, 4.69) is 67.6 Å². The third kappa shape index (κ3) is 2.78. The second kappa shape index (κ2) is 5.80. The van der Waals surface area contributed by atoms with E-state index in [1.807, 2.05) is 4.68 Å². The maximum atomic E-state index is 4.35. The zero-order valence-electron chi connectivity index (χ0n) is 11.4. The molecule has 0 saturated heterocycles. The molecule has 1 heterocycles. The minimum absolute atomic E-state index is 0.330. The van der Waals surface area contributed by atoms with E-state index in [0.717, 1.165) is 18.7 Å². The molecule has 0 aliphatic rings. The summed E-state index contributed by atoms with van der Waals surface area (Å²) in [5.41, 5.74) is 2.39. The molecule has 0 N–H and O–H groups in total. The largest absolute Gasteiger partial charge is 0.252 e. The Morgan fingerprint density at radius 1 is 1.17 bits per heavy atom. The summed E-state index contributed by atoms with van der Waals surface area (Å²) in [6.07, 6.45) is 3.17. The van der Waals surface area contributed by atoms with Crippen LogP contribution in [0, 0.1) is 5.92 Å². The fourth-order valence-electron chi connectivity index (χ4n) is 2.35. The van der Waals surface area contributed by atoms with E-state index in [-0.39, 0.29) is 0 Å². The molecule has 0 fully saturated rings. The molecule has 1 aromatic heterocycles. The summed E-state index contributed by atoms with van der Waals surface area (Å²) >= 11 is 0. The maximum absolute atomic E-state index is 4.35. The van der Waals surface area contributed by atoms with Gasteiger partial charge in [-0.25, -0.2) is 0 Å². The van der Waals surface area contributed by atoms with Gasteiger partial charge in [-0.15, -0.1) is 5.10 Å². The molecule has 0 aliphatic carbocycles. The SMILES string of the molecule is CCCn1cc(C(c2ccccc2)C(C)C)nn1. The molecule has 0 saturated carbocycles. The van der Waals surface area contributed by atoms with Crippen LogP contribution >= 0.6 is 0 Å². The standard InChI is InChI=1S/C15H21N3/c1-4-10-18-11-14(16-17-18)15(12(2)3)13-8-6-5-7-9-13/h5-9,11-12,15H,4,10H2,1-3H3. The first-order chi connectivity index (χ1) is 8.72. The van der Waals surface area contributed by atoms with Gasteiger partial charge in [-0.1, -0.05) is 56.3 Å². The molecular formula is C15H21N3. The van der Waals surface area contributed by atoms with Crippen molar-refractivity contribution in [1.82, 2.24) is 15.0 Å². The van der Waals surface area contributed by atoms with Crippen molar-refractivity contribution in [3.05, 3.63) is 47.8 Å². The number of benzene rings is 1. The number of hydrogen-bond acceptors (Lipinski definition) is 2. The van der Waals surface area contributed by atoms with Gasteiger partial charge in [0.25, 0.3) is 0 Å². The van der Waals surface area contributed by atoms with E-state index in [1.165, 1.54) is 5.56 Å². The van der Waals surface area contributed by atoms with E-state index in [4.69, 9.17) is 0 Å². The number of nitrogens with zero attached hydrogens (tertiary/aromatic N) is 3. The van der Waals surface area contributed by atoms with Crippen molar-refractivity contribution in [3.8, 4) is 0 Å². The fraction of sp³-hybridized carbons (Fsp3) is 0.467. The number of rotatable bonds is 5. The molecule has 1 aromatic carbocycles. The van der Waals surface area contributed by atoms with Gasteiger partial charge in [0.1, 0.15) is 0 Å². The van der Waals surface area contributed by atoms with E-state index in [1.54, 1.807) is 0 Å². The summed E-state index contributed by atoms with van der Waals surface area (Å²) in [4.78, 5) is 0. The molecule has 1 atom stereocenters. The van der Waals surface area contributed by atoms with Crippen LogP contribution in [0.25, 0.3) is 0 Å². The summed E-state index contributed by atoms with van der Waals surface area (Å²) in [5, 5.41) is 8.55. The molecule has 96 valence electrons. The highest BCUT2D eigenvalue weighted by molar-refractivity contribution is 5.27. The molecule has 0 aliphatic heterocycles. The van der Waals surface area contributed by atoms with Gasteiger partial charge >= 0.3 is 0 Å². The van der Waals surface area contributed by atoms with Crippen molar-refractivity contribution in [3.63, 3.8) is 0 Å². The first-order valence-corrected chi connectivity index (χ1v) is 6.67. The zero-order chi connectivity index (χ0) is 13.0. The Balaban J connectivity index is 2.30. The average molecular weight is 243 g/mol. The third-order valence-electron chi connectivity index (χ3n) is 3.15. The van der Waals surface area contributed by atoms with Crippen LogP contribution in [0.15, 0.2) is 36.5 Å². The van der Waals surface area contributed by atoms with Crippen LogP contribution in [-0.2, 0) is 6.54 Å². The van der Waals surface area contributed by atoms with Gasteiger partial charge in [-0.05, 0) is 17.9 Å². The predicted molar refractivity (Wildman–Crippen MR) is 73.4 cm³/mol. The second-order valence-electron chi connectivity index (χ2n) is 5.04. The monoisotopic (exact) mass is 243 g/mol. The van der Waals surface area contributed by atoms with Gasteiger partial charge in [0, 0.05) is 18.7 Å². The Bertz CT molecular complexity index is 473. The van der Waals surface area contributed by atoms with Crippen LogP contribution in [0.3, 0.4) is 0 Å². The minimum Gasteiger partial charge on any atom is -0.252 e. The van der Waals surface area contributed by atoms with E-state index in [9.17, 15) is 0 Å². The predicted octanol–water partition coefficient (Wildman–Crippen LogP) is 3.48. The Hall–Kier alpha value is -1.64. The van der Waals surface area contributed by atoms with Gasteiger partial charge in [0.15, 0.2) is 0 Å². The molecule has 1 unspecified atom stereocenters. The van der Waals surface area contributed by atoms with Gasteiger partial charge in [0.2, 0.25) is 0 Å². The summed E-state index contributed by atoms with van der Waals surface area (Å²) < 4.78 is 1.94. The fourth-order valence-corrected chi connectivity index (χ4v) is 2.35. The van der Waals surface area contributed by atoms with Gasteiger partial charge in [0.05, 0.1) is 5.69 Å². The molecule has 2 rings (SSSR count). The second-order valence-corrected chi connectivity index (χ2v) is 5.04. The Labute approximate surface area is 109 Å². The van der Waals surface area contributed by atoms with Crippen LogP contribution in [0.4, 0.5) is 0 Å². The molecule has 18 heavy (non-hydrogen) atoms. The number of hydrogen-bond donors (Lipinski definition) is 0. The highest BCUT2D eigenvalue weighted by Crippen LogP contribution is 2.30. The van der Waals surface area contributed by atoms with Gasteiger partial charge < -0.3 is 0 Å². The van der Waals surface area contributed by atoms with Crippen molar-refractivity contribution in [2.75, 3.05) is 0 Å². The van der Waals surface area contributed by atoms with Crippen molar-refractivity contribution < 1.29 is 0 Å². The lowest BCUT2D eigenvalue weighted by molar-refractivity contribution is 0.550. The number of aryl methyl sites for hydroxylation is 1. The van der Waals surface area contributed by atoms with Crippen molar-refractivity contribution in [2.45, 2.75) is 39.7 Å². The van der Waals surface area contributed by atoms with Gasteiger partial charge in [-0.2, -0.15) is 0 Å². The molecule has 3 heteroatoms. The third-order valence-corrected chi connectivity index (χ3v) is 3.15. The quantitative estimate of drug-likeness (QED) is 0.805. The van der Waals surface area contributed by atoms with Gasteiger partial charge in [-0.3, -0.25) is 4.68 Å². The summed E-state index contributed by atoms with van der Waals surface area (Å²) in [5.74, 6) is 0.844. The lowest BCUT2D eigenvalue weighted by Crippen LogP contribution is -2.09. The minimum atomic E-state index is 0.330. The van der Waals surface area contributed by atoms with E-state index >= 15 is 0 Å². The van der Waals surface area contributed by atoms with E-state index in [0.29, 0.717) is 11.8 Å². The molecule has 0 amide bonds. The molecule has 0 bridgehead atoms. The maximum Gasteiger partial charge on any atom is 0.0904 e. The molecule has 2 aromatic rings. The Morgan fingerprint density at radius 3 is 2.50 bits per heavy atom. The first-order valence-electron chi connectivity index (χ1n) is 6.67. The molecular weight excluding hydrogens is 222 g/mol. The summed E-state index contributed by atoms with van der Waals surface area (Å²) in [6, 6.07) is 10.6. The van der Waals surface area contributed by atoms with Crippen LogP contribution in [0.2, 0.25) is 0 Å². The Kier molecular flexibility index (Phi) is 4.13. The van der Waals surface area contributed by atoms with Crippen LogP contribution in [0.1, 0.15) is 44.4 Å². The first kappa shape index (κ1) is 12.8. The molecule has 3 nitrogen and oxygen atoms in total. The lowest BCUT2D eigenvalue weighted by Gasteiger charge is -2.18. The lowest BCUT2D eigenvalue weighted by atomic mass is 9.86. The van der Waals surface area contributed by atoms with Crippen LogP contribution < -0.4 is 0 Å². The Morgan fingerprint density at radius 2 is 1.89 bits per heavy atom. The van der Waals surface area contributed by atoms with Crippen molar-refractivity contribution in [2.24, 2.45) is 5.92 Å². The van der Waals surface area contributed by atoms with Crippen LogP contribution in [-0.4, -0.2) is 15.0 Å². The van der Waals surface area contributed by atoms with E-state index < -0.39 is 0 Å². The smallest absolute Gasteiger partial charge is 0.0904 e. The highest BCUT2D eigenvalue weighted by Gasteiger charge is 2.21. The molecule has 0 radical (unpaired) electrons. The summed E-state index contributed by atoms with van der Waals surface area (Å²) in [7, 11) is 0. The summed E-state index contributed by atoms with van der Waals surface area (Å²) in [6.45, 7) is 7.55. The normalized spacial score (nSPS) is 12.9. The average Bonchev–Trinajstić information content (AvgIpc) is 2.79. The van der Waals surface area contributed by atoms with Crippen molar-refractivity contribution >= 4 is 0 Å². The molecule has 0 spiro atoms. The van der Waals surface area contributed by atoms with Crippen LogP contribution in [0.5, 0.6) is 0 Å². The topological polar surface area (TPSA) is 30.7 Å². The van der Waals surface area contributed by atoms with Crippen molar-refractivity contribution in [1.29, 1.82) is 0 Å². The zero-order valence-corrected chi connectivity index (χ0v) is 11.4. The number of aromatic nitrogens is 3.